The van der Waals surface area contributed by atoms with Crippen molar-refractivity contribution in [2.24, 2.45) is 5.92 Å². The van der Waals surface area contributed by atoms with E-state index in [9.17, 15) is 13.2 Å². The number of rotatable bonds is 6. The molecule has 1 aliphatic heterocycles. The Morgan fingerprint density at radius 1 is 1.00 bits per heavy atom. The van der Waals surface area contributed by atoms with E-state index in [-0.39, 0.29) is 17.6 Å². The van der Waals surface area contributed by atoms with Crippen LogP contribution in [-0.2, 0) is 27.1 Å². The average Bonchev–Trinajstić information content (AvgIpc) is 2.67. The van der Waals surface area contributed by atoms with Crippen LogP contribution < -0.4 is 5.32 Å². The summed E-state index contributed by atoms with van der Waals surface area (Å²) in [7, 11) is -3.43. The second-order valence-electron chi connectivity index (χ2n) is 6.90. The highest BCUT2D eigenvalue weighted by atomic mass is 35.5. The number of carbonyl (C=O) groups excluding carboxylic acids is 1. The Morgan fingerprint density at radius 3 is 2.32 bits per heavy atom. The molecule has 28 heavy (non-hydrogen) atoms. The van der Waals surface area contributed by atoms with Crippen LogP contribution in [0.15, 0.2) is 48.5 Å². The normalized spacial score (nSPS) is 16.1. The van der Waals surface area contributed by atoms with Crippen molar-refractivity contribution in [1.29, 1.82) is 0 Å². The van der Waals surface area contributed by atoms with Crippen LogP contribution in [0, 0.1) is 5.92 Å². The first-order chi connectivity index (χ1) is 13.3. The molecule has 3 rings (SSSR count). The topological polar surface area (TPSA) is 66.5 Å². The third-order valence-corrected chi connectivity index (χ3v) is 7.17. The van der Waals surface area contributed by atoms with Gasteiger partial charge in [0.15, 0.2) is 0 Å². The van der Waals surface area contributed by atoms with Crippen molar-refractivity contribution in [3.8, 4) is 0 Å². The minimum absolute atomic E-state index is 0.0400. The minimum atomic E-state index is -3.43. The van der Waals surface area contributed by atoms with Gasteiger partial charge in [0.05, 0.1) is 5.75 Å². The van der Waals surface area contributed by atoms with Crippen LogP contribution in [0.1, 0.15) is 24.0 Å². The van der Waals surface area contributed by atoms with Crippen molar-refractivity contribution in [2.75, 3.05) is 13.1 Å². The molecule has 1 fully saturated rings. The van der Waals surface area contributed by atoms with E-state index >= 15 is 0 Å². The Kier molecular flexibility index (Phi) is 6.99. The zero-order chi connectivity index (χ0) is 20.1. The molecule has 0 aromatic heterocycles. The molecule has 1 aliphatic rings. The van der Waals surface area contributed by atoms with E-state index < -0.39 is 10.0 Å². The van der Waals surface area contributed by atoms with Gasteiger partial charge in [0.25, 0.3) is 0 Å². The quantitative estimate of drug-likeness (QED) is 0.741. The van der Waals surface area contributed by atoms with Crippen molar-refractivity contribution < 1.29 is 13.2 Å². The van der Waals surface area contributed by atoms with E-state index in [1.54, 1.807) is 36.4 Å². The molecule has 1 saturated heterocycles. The summed E-state index contributed by atoms with van der Waals surface area (Å²) in [6, 6.07) is 14.2. The van der Waals surface area contributed by atoms with Crippen LogP contribution in [0.2, 0.25) is 10.0 Å². The number of piperidine rings is 1. The van der Waals surface area contributed by atoms with Crippen molar-refractivity contribution in [3.63, 3.8) is 0 Å². The summed E-state index contributed by atoms with van der Waals surface area (Å²) in [6.07, 6.45) is 1.03. The highest BCUT2D eigenvalue weighted by Crippen LogP contribution is 2.23. The Hall–Kier alpha value is -1.60. The van der Waals surface area contributed by atoms with Crippen molar-refractivity contribution in [2.45, 2.75) is 25.1 Å². The van der Waals surface area contributed by atoms with Gasteiger partial charge in [-0.2, -0.15) is 0 Å². The molecule has 1 N–H and O–H groups in total. The maximum absolute atomic E-state index is 12.7. The second-order valence-corrected chi connectivity index (χ2v) is 9.75. The number of nitrogens with zero attached hydrogens (tertiary/aromatic N) is 1. The lowest BCUT2D eigenvalue weighted by molar-refractivity contribution is -0.126. The van der Waals surface area contributed by atoms with Gasteiger partial charge in [-0.05, 0) is 48.2 Å². The third-order valence-electron chi connectivity index (χ3n) is 4.84. The first-order valence-corrected chi connectivity index (χ1v) is 11.4. The average molecular weight is 441 g/mol. The van der Waals surface area contributed by atoms with E-state index in [1.165, 1.54) is 4.31 Å². The van der Waals surface area contributed by atoms with Crippen LogP contribution in [0.25, 0.3) is 0 Å². The summed E-state index contributed by atoms with van der Waals surface area (Å²) >= 11 is 11.8. The number of nitrogens with one attached hydrogen (secondary N) is 1. The number of benzene rings is 2. The number of hydrogen-bond acceptors (Lipinski definition) is 3. The van der Waals surface area contributed by atoms with Crippen LogP contribution >= 0.6 is 23.2 Å². The fourth-order valence-corrected chi connectivity index (χ4v) is 5.15. The molecule has 1 heterocycles. The first kappa shape index (κ1) is 21.1. The van der Waals surface area contributed by atoms with Gasteiger partial charge in [0, 0.05) is 35.6 Å². The Bertz CT molecular complexity index is 925. The lowest BCUT2D eigenvalue weighted by Crippen LogP contribution is -2.43. The molecule has 150 valence electrons. The van der Waals surface area contributed by atoms with Gasteiger partial charge in [-0.15, -0.1) is 0 Å². The standard InChI is InChI=1S/C20H22Cl2N2O3S/c21-18-6-4-15(5-7-18)13-23-20(25)17-8-10-24(11-9-17)28(26,27)14-16-2-1-3-19(22)12-16/h1-7,12,17H,8-11,13-14H2,(H,23,25). The number of sulfonamides is 1. The predicted molar refractivity (Wildman–Crippen MR) is 112 cm³/mol. The SMILES string of the molecule is O=C(NCc1ccc(Cl)cc1)C1CCN(S(=O)(=O)Cc2cccc(Cl)c2)CC1. The predicted octanol–water partition coefficient (Wildman–Crippen LogP) is 3.85. The number of carbonyl (C=O) groups is 1. The fraction of sp³-hybridized carbons (Fsp3) is 0.350. The maximum Gasteiger partial charge on any atom is 0.223 e. The summed E-state index contributed by atoms with van der Waals surface area (Å²) in [5.41, 5.74) is 1.63. The first-order valence-electron chi connectivity index (χ1n) is 9.08. The molecule has 0 spiro atoms. The fourth-order valence-electron chi connectivity index (χ4n) is 3.26. The van der Waals surface area contributed by atoms with Gasteiger partial charge in [0.2, 0.25) is 15.9 Å². The summed E-state index contributed by atoms with van der Waals surface area (Å²) in [5.74, 6) is -0.298. The summed E-state index contributed by atoms with van der Waals surface area (Å²) < 4.78 is 26.8. The van der Waals surface area contributed by atoms with E-state index in [1.807, 2.05) is 12.1 Å². The lowest BCUT2D eigenvalue weighted by atomic mass is 9.97. The molecular weight excluding hydrogens is 419 g/mol. The van der Waals surface area contributed by atoms with E-state index in [2.05, 4.69) is 5.32 Å². The summed E-state index contributed by atoms with van der Waals surface area (Å²) in [5, 5.41) is 4.09. The van der Waals surface area contributed by atoms with E-state index in [0.29, 0.717) is 48.1 Å². The van der Waals surface area contributed by atoms with Crippen LogP contribution in [0.5, 0.6) is 0 Å². The highest BCUT2D eigenvalue weighted by molar-refractivity contribution is 7.88. The van der Waals surface area contributed by atoms with Gasteiger partial charge >= 0.3 is 0 Å². The largest absolute Gasteiger partial charge is 0.352 e. The van der Waals surface area contributed by atoms with Gasteiger partial charge in [-0.3, -0.25) is 4.79 Å². The molecule has 0 bridgehead atoms. The molecule has 0 unspecified atom stereocenters. The summed E-state index contributed by atoms with van der Waals surface area (Å²) in [4.78, 5) is 12.4. The molecule has 2 aromatic rings. The maximum atomic E-state index is 12.7. The van der Waals surface area contributed by atoms with Crippen LogP contribution in [0.4, 0.5) is 0 Å². The van der Waals surface area contributed by atoms with Gasteiger partial charge in [-0.25, -0.2) is 12.7 Å². The van der Waals surface area contributed by atoms with Crippen molar-refractivity contribution in [1.82, 2.24) is 9.62 Å². The summed E-state index contributed by atoms with van der Waals surface area (Å²) in [6.45, 7) is 1.13. The number of hydrogen-bond donors (Lipinski definition) is 1. The Balaban J connectivity index is 1.50. The van der Waals surface area contributed by atoms with Crippen LogP contribution in [0.3, 0.4) is 0 Å². The van der Waals surface area contributed by atoms with Crippen molar-refractivity contribution in [3.05, 3.63) is 69.7 Å². The zero-order valence-corrected chi connectivity index (χ0v) is 17.6. The monoisotopic (exact) mass is 440 g/mol. The van der Waals surface area contributed by atoms with Gasteiger partial charge in [-0.1, -0.05) is 47.5 Å². The molecule has 8 heteroatoms. The molecule has 0 atom stereocenters. The lowest BCUT2D eigenvalue weighted by Gasteiger charge is -2.30. The Morgan fingerprint density at radius 2 is 1.68 bits per heavy atom. The molecule has 0 saturated carbocycles. The molecule has 1 amide bonds. The van der Waals surface area contributed by atoms with Gasteiger partial charge in [0.1, 0.15) is 0 Å². The van der Waals surface area contributed by atoms with E-state index in [4.69, 9.17) is 23.2 Å². The minimum Gasteiger partial charge on any atom is -0.352 e. The van der Waals surface area contributed by atoms with Gasteiger partial charge < -0.3 is 5.32 Å². The molecule has 0 aliphatic carbocycles. The molecule has 0 radical (unpaired) electrons. The third kappa shape index (κ3) is 5.70. The molecule has 5 nitrogen and oxygen atoms in total. The van der Waals surface area contributed by atoms with Crippen LogP contribution in [-0.4, -0.2) is 31.7 Å². The molecule has 2 aromatic carbocycles. The van der Waals surface area contributed by atoms with E-state index in [0.717, 1.165) is 5.56 Å². The second kappa shape index (κ2) is 9.27. The zero-order valence-electron chi connectivity index (χ0n) is 15.3. The number of halogens is 2. The number of amides is 1. The molecular formula is C20H22Cl2N2O3S. The highest BCUT2D eigenvalue weighted by Gasteiger charge is 2.31. The van der Waals surface area contributed by atoms with Crippen molar-refractivity contribution >= 4 is 39.1 Å². The smallest absolute Gasteiger partial charge is 0.223 e. The Labute approximate surface area is 175 Å².